The van der Waals surface area contributed by atoms with E-state index in [0.717, 1.165) is 12.8 Å². The maximum atomic E-state index is 11.2. The lowest BCUT2D eigenvalue weighted by Crippen LogP contribution is -2.13. The van der Waals surface area contributed by atoms with Crippen LogP contribution in [0.4, 0.5) is 0 Å². The predicted molar refractivity (Wildman–Crippen MR) is 46.6 cm³/mol. The van der Waals surface area contributed by atoms with Crippen LogP contribution in [0.15, 0.2) is 4.42 Å². The Kier molecular flexibility index (Phi) is 1.92. The number of aromatic nitrogens is 1. The number of carbonyl (C=O) groups excluding carboxylic acids is 1. The Bertz CT molecular complexity index is 339. The zero-order chi connectivity index (χ0) is 9.42. The Labute approximate surface area is 76.1 Å². The summed E-state index contributed by atoms with van der Waals surface area (Å²) in [4.78, 5) is 15.4. The minimum Gasteiger partial charge on any atom is -0.437 e. The average Bonchev–Trinajstić information content (AvgIpc) is 2.89. The maximum Gasteiger partial charge on any atom is 0.213 e. The van der Waals surface area contributed by atoms with Gasteiger partial charge in [0.05, 0.1) is 12.2 Å². The first kappa shape index (κ1) is 8.44. The van der Waals surface area contributed by atoms with Gasteiger partial charge in [-0.25, -0.2) is 4.98 Å². The minimum atomic E-state index is -0.170. The Morgan fingerprint density at radius 1 is 1.69 bits per heavy atom. The number of ketones is 1. The van der Waals surface area contributed by atoms with Gasteiger partial charge in [0.2, 0.25) is 5.78 Å². The van der Waals surface area contributed by atoms with Crippen LogP contribution in [0.1, 0.15) is 40.9 Å². The molecule has 0 atom stereocenters. The first-order valence-corrected chi connectivity index (χ1v) is 4.43. The molecule has 0 saturated heterocycles. The van der Waals surface area contributed by atoms with Gasteiger partial charge in [-0.2, -0.15) is 0 Å². The molecule has 1 fully saturated rings. The van der Waals surface area contributed by atoms with Crippen LogP contribution in [0.2, 0.25) is 0 Å². The lowest BCUT2D eigenvalue weighted by atomic mass is 10.2. The van der Waals surface area contributed by atoms with Crippen molar-refractivity contribution in [1.29, 1.82) is 0 Å². The highest BCUT2D eigenvalue weighted by molar-refractivity contribution is 5.95. The van der Waals surface area contributed by atoms with Gasteiger partial charge < -0.3 is 10.2 Å². The monoisotopic (exact) mass is 180 g/mol. The van der Waals surface area contributed by atoms with Gasteiger partial charge in [-0.1, -0.05) is 0 Å². The second kappa shape index (κ2) is 2.96. The SMILES string of the molecule is Cc1nc(C2CC2)oc1C(=O)CN. The Hall–Kier alpha value is -1.16. The molecule has 0 bridgehead atoms. The van der Waals surface area contributed by atoms with E-state index >= 15 is 0 Å². The highest BCUT2D eigenvalue weighted by Gasteiger charge is 2.30. The Morgan fingerprint density at radius 3 is 2.92 bits per heavy atom. The molecule has 1 aromatic rings. The van der Waals surface area contributed by atoms with Crippen molar-refractivity contribution < 1.29 is 9.21 Å². The van der Waals surface area contributed by atoms with Crippen molar-refractivity contribution in [3.8, 4) is 0 Å². The van der Waals surface area contributed by atoms with Crippen molar-refractivity contribution >= 4 is 5.78 Å². The maximum absolute atomic E-state index is 11.2. The first-order valence-electron chi connectivity index (χ1n) is 4.43. The number of Topliss-reactive ketones (excluding diaryl/α,β-unsaturated/α-hetero) is 1. The molecule has 0 aliphatic heterocycles. The summed E-state index contributed by atoms with van der Waals surface area (Å²) in [6.45, 7) is 1.76. The summed E-state index contributed by atoms with van der Waals surface area (Å²) in [5.41, 5.74) is 5.90. The summed E-state index contributed by atoms with van der Waals surface area (Å²) in [5.74, 6) is 1.31. The Balaban J connectivity index is 2.29. The van der Waals surface area contributed by atoms with Gasteiger partial charge in [-0.3, -0.25) is 4.79 Å². The predicted octanol–water partition coefficient (Wildman–Crippen LogP) is 1.00. The van der Waals surface area contributed by atoms with Crippen LogP contribution in [-0.2, 0) is 0 Å². The summed E-state index contributed by atoms with van der Waals surface area (Å²) < 4.78 is 5.35. The largest absolute Gasteiger partial charge is 0.437 e. The molecule has 4 nitrogen and oxygen atoms in total. The van der Waals surface area contributed by atoms with Crippen molar-refractivity contribution in [2.24, 2.45) is 5.73 Å². The molecule has 4 heteroatoms. The second-order valence-corrected chi connectivity index (χ2v) is 3.37. The number of nitrogens with zero attached hydrogens (tertiary/aromatic N) is 1. The third-order valence-electron chi connectivity index (χ3n) is 2.18. The molecule has 1 aliphatic rings. The van der Waals surface area contributed by atoms with E-state index in [0.29, 0.717) is 23.3 Å². The van der Waals surface area contributed by atoms with Gasteiger partial charge in [-0.15, -0.1) is 0 Å². The molecule has 70 valence electrons. The average molecular weight is 180 g/mol. The number of hydrogen-bond acceptors (Lipinski definition) is 4. The fourth-order valence-electron chi connectivity index (χ4n) is 1.27. The van der Waals surface area contributed by atoms with Crippen LogP contribution in [0, 0.1) is 6.92 Å². The summed E-state index contributed by atoms with van der Waals surface area (Å²) in [6.07, 6.45) is 2.24. The lowest BCUT2D eigenvalue weighted by molar-refractivity contribution is 0.0972. The topological polar surface area (TPSA) is 69.1 Å². The smallest absolute Gasteiger partial charge is 0.213 e. The fraction of sp³-hybridized carbons (Fsp3) is 0.556. The number of aryl methyl sites for hydroxylation is 1. The van der Waals surface area contributed by atoms with E-state index in [1.54, 1.807) is 6.92 Å². The Morgan fingerprint density at radius 2 is 2.38 bits per heavy atom. The molecular formula is C9H12N2O2. The molecule has 2 N–H and O–H groups in total. The number of oxazole rings is 1. The van der Waals surface area contributed by atoms with E-state index in [1.165, 1.54) is 0 Å². The van der Waals surface area contributed by atoms with Crippen molar-refractivity contribution in [3.63, 3.8) is 0 Å². The summed E-state index contributed by atoms with van der Waals surface area (Å²) in [5, 5.41) is 0. The molecule has 2 rings (SSSR count). The minimum absolute atomic E-state index is 0.0137. The van der Waals surface area contributed by atoms with Crippen LogP contribution in [0.25, 0.3) is 0 Å². The molecule has 0 radical (unpaired) electrons. The zero-order valence-corrected chi connectivity index (χ0v) is 7.54. The van der Waals surface area contributed by atoms with E-state index < -0.39 is 0 Å². The molecule has 0 amide bonds. The third kappa shape index (κ3) is 1.49. The van der Waals surface area contributed by atoms with Gasteiger partial charge in [0.25, 0.3) is 0 Å². The number of carbonyl (C=O) groups is 1. The van der Waals surface area contributed by atoms with E-state index in [1.807, 2.05) is 0 Å². The van der Waals surface area contributed by atoms with Gasteiger partial charge in [0, 0.05) is 5.92 Å². The normalized spacial score (nSPS) is 16.2. The molecule has 1 aromatic heterocycles. The second-order valence-electron chi connectivity index (χ2n) is 3.37. The number of rotatable bonds is 3. The first-order chi connectivity index (χ1) is 6.22. The van der Waals surface area contributed by atoms with Gasteiger partial charge in [0.15, 0.2) is 11.7 Å². The van der Waals surface area contributed by atoms with E-state index in [2.05, 4.69) is 4.98 Å². The van der Waals surface area contributed by atoms with Gasteiger partial charge in [-0.05, 0) is 19.8 Å². The van der Waals surface area contributed by atoms with Crippen molar-refractivity contribution in [2.45, 2.75) is 25.7 Å². The molecular weight excluding hydrogens is 168 g/mol. The van der Waals surface area contributed by atoms with Gasteiger partial charge in [0.1, 0.15) is 0 Å². The van der Waals surface area contributed by atoms with E-state index in [4.69, 9.17) is 10.2 Å². The highest BCUT2D eigenvalue weighted by Crippen LogP contribution is 2.39. The molecule has 0 spiro atoms. The summed E-state index contributed by atoms with van der Waals surface area (Å²) in [6, 6.07) is 0. The van der Waals surface area contributed by atoms with Crippen LogP contribution in [0.5, 0.6) is 0 Å². The molecule has 0 unspecified atom stereocenters. The van der Waals surface area contributed by atoms with Crippen LogP contribution >= 0.6 is 0 Å². The number of nitrogens with two attached hydrogens (primary N) is 1. The van der Waals surface area contributed by atoms with Crippen LogP contribution < -0.4 is 5.73 Å². The molecule has 1 heterocycles. The third-order valence-corrected chi connectivity index (χ3v) is 2.18. The molecule has 1 saturated carbocycles. The van der Waals surface area contributed by atoms with Crippen LogP contribution in [0.3, 0.4) is 0 Å². The molecule has 0 aromatic carbocycles. The van der Waals surface area contributed by atoms with Crippen molar-refractivity contribution in [1.82, 2.24) is 4.98 Å². The van der Waals surface area contributed by atoms with E-state index in [9.17, 15) is 4.79 Å². The van der Waals surface area contributed by atoms with Crippen LogP contribution in [-0.4, -0.2) is 17.3 Å². The van der Waals surface area contributed by atoms with Gasteiger partial charge >= 0.3 is 0 Å². The fourth-order valence-corrected chi connectivity index (χ4v) is 1.27. The summed E-state index contributed by atoms with van der Waals surface area (Å²) >= 11 is 0. The highest BCUT2D eigenvalue weighted by atomic mass is 16.4. The summed E-state index contributed by atoms with van der Waals surface area (Å²) in [7, 11) is 0. The zero-order valence-electron chi connectivity index (χ0n) is 7.54. The van der Waals surface area contributed by atoms with Crippen molar-refractivity contribution in [3.05, 3.63) is 17.3 Å². The van der Waals surface area contributed by atoms with Crippen molar-refractivity contribution in [2.75, 3.05) is 6.54 Å². The van der Waals surface area contributed by atoms with E-state index in [-0.39, 0.29) is 12.3 Å². The molecule has 1 aliphatic carbocycles. The number of hydrogen-bond donors (Lipinski definition) is 1. The standard InChI is InChI=1S/C9H12N2O2/c1-5-8(7(12)4-10)13-9(11-5)6-2-3-6/h6H,2-4,10H2,1H3. The molecule has 13 heavy (non-hydrogen) atoms. The quantitative estimate of drug-likeness (QED) is 0.704. The lowest BCUT2D eigenvalue weighted by Gasteiger charge is -1.90.